The number of aromatic nitrogens is 1. The maximum absolute atomic E-state index is 5.63. The van der Waals surface area contributed by atoms with E-state index in [1.807, 2.05) is 6.20 Å². The topological polar surface area (TPSA) is 34.2 Å². The Balaban J connectivity index is 1.68. The second-order valence-corrected chi connectivity index (χ2v) is 5.84. The molecular formula is C12H20N2OS. The van der Waals surface area contributed by atoms with Crippen molar-refractivity contribution in [1.29, 1.82) is 0 Å². The van der Waals surface area contributed by atoms with Crippen LogP contribution in [0.25, 0.3) is 0 Å². The van der Waals surface area contributed by atoms with E-state index in [4.69, 9.17) is 4.74 Å². The summed E-state index contributed by atoms with van der Waals surface area (Å²) in [7, 11) is 0. The summed E-state index contributed by atoms with van der Waals surface area (Å²) in [5.41, 5.74) is 0. The zero-order valence-corrected chi connectivity index (χ0v) is 10.8. The molecule has 0 amide bonds. The fourth-order valence-electron chi connectivity index (χ4n) is 2.05. The fraction of sp³-hybridized carbons (Fsp3) is 0.750. The quantitative estimate of drug-likeness (QED) is 0.858. The normalized spacial score (nSPS) is 22.5. The molecule has 0 spiro atoms. The summed E-state index contributed by atoms with van der Waals surface area (Å²) < 4.78 is 5.63. The van der Waals surface area contributed by atoms with Gasteiger partial charge in [-0.15, -0.1) is 11.3 Å². The third kappa shape index (κ3) is 3.54. The second-order valence-electron chi connectivity index (χ2n) is 4.52. The van der Waals surface area contributed by atoms with Gasteiger partial charge >= 0.3 is 0 Å². The third-order valence-corrected chi connectivity index (χ3v) is 3.82. The van der Waals surface area contributed by atoms with E-state index in [1.54, 1.807) is 11.3 Å². The molecule has 1 fully saturated rings. The van der Waals surface area contributed by atoms with E-state index >= 15 is 0 Å². The molecule has 1 aliphatic rings. The number of nitrogens with zero attached hydrogens (tertiary/aromatic N) is 1. The van der Waals surface area contributed by atoms with Gasteiger partial charge < -0.3 is 10.1 Å². The summed E-state index contributed by atoms with van der Waals surface area (Å²) in [4.78, 5) is 5.63. The van der Waals surface area contributed by atoms with Crippen LogP contribution in [0.4, 0.5) is 0 Å². The highest BCUT2D eigenvalue weighted by Gasteiger charge is 2.18. The number of ether oxygens (including phenoxy) is 1. The van der Waals surface area contributed by atoms with Crippen molar-refractivity contribution in [3.63, 3.8) is 0 Å². The Kier molecular flexibility index (Phi) is 4.32. The van der Waals surface area contributed by atoms with Gasteiger partial charge in [-0.25, -0.2) is 4.98 Å². The maximum Gasteiger partial charge on any atom is 0.107 e. The Morgan fingerprint density at radius 1 is 1.69 bits per heavy atom. The van der Waals surface area contributed by atoms with Crippen LogP contribution in [0.3, 0.4) is 0 Å². The molecule has 0 radical (unpaired) electrons. The van der Waals surface area contributed by atoms with E-state index in [0.717, 1.165) is 19.6 Å². The first-order valence-electron chi connectivity index (χ1n) is 6.00. The molecule has 2 atom stereocenters. The second kappa shape index (κ2) is 5.75. The smallest absolute Gasteiger partial charge is 0.107 e. The van der Waals surface area contributed by atoms with Gasteiger partial charge in [-0.05, 0) is 33.1 Å². The van der Waals surface area contributed by atoms with Crippen LogP contribution in [-0.2, 0) is 11.3 Å². The Labute approximate surface area is 101 Å². The summed E-state index contributed by atoms with van der Waals surface area (Å²) in [6, 6.07) is 0.507. The van der Waals surface area contributed by atoms with Crippen LogP contribution in [0.2, 0.25) is 0 Å². The number of rotatable bonds is 5. The molecule has 1 saturated heterocycles. The lowest BCUT2D eigenvalue weighted by Crippen LogP contribution is -2.29. The van der Waals surface area contributed by atoms with Gasteiger partial charge in [0.15, 0.2) is 0 Å². The lowest BCUT2D eigenvalue weighted by atomic mass is 10.1. The van der Waals surface area contributed by atoms with Gasteiger partial charge in [0.05, 0.1) is 6.10 Å². The van der Waals surface area contributed by atoms with Gasteiger partial charge in [-0.2, -0.15) is 0 Å². The lowest BCUT2D eigenvalue weighted by molar-refractivity contribution is 0.0961. The number of hydrogen-bond donors (Lipinski definition) is 1. The average Bonchev–Trinajstić information content (AvgIpc) is 2.87. The van der Waals surface area contributed by atoms with Crippen LogP contribution in [0.5, 0.6) is 0 Å². The Morgan fingerprint density at radius 2 is 2.56 bits per heavy atom. The van der Waals surface area contributed by atoms with Crippen LogP contribution in [0, 0.1) is 6.92 Å². The van der Waals surface area contributed by atoms with Gasteiger partial charge in [0.1, 0.15) is 5.01 Å². The molecule has 16 heavy (non-hydrogen) atoms. The van der Waals surface area contributed by atoms with Crippen molar-refractivity contribution in [3.05, 3.63) is 16.1 Å². The first-order chi connectivity index (χ1) is 7.74. The van der Waals surface area contributed by atoms with Gasteiger partial charge in [0.25, 0.3) is 0 Å². The van der Waals surface area contributed by atoms with Crippen molar-refractivity contribution >= 4 is 11.3 Å². The summed E-state index contributed by atoms with van der Waals surface area (Å²) >= 11 is 1.77. The summed E-state index contributed by atoms with van der Waals surface area (Å²) in [5.74, 6) is 0. The van der Waals surface area contributed by atoms with E-state index in [0.29, 0.717) is 12.1 Å². The van der Waals surface area contributed by atoms with Crippen LogP contribution in [0.15, 0.2) is 6.20 Å². The van der Waals surface area contributed by atoms with Gasteiger partial charge in [-0.1, -0.05) is 0 Å². The van der Waals surface area contributed by atoms with Crippen molar-refractivity contribution in [2.45, 2.75) is 51.8 Å². The Bertz CT molecular complexity index is 321. The highest BCUT2D eigenvalue weighted by Crippen LogP contribution is 2.17. The van der Waals surface area contributed by atoms with E-state index < -0.39 is 0 Å². The summed E-state index contributed by atoms with van der Waals surface area (Å²) in [5, 5.41) is 4.68. The Hall–Kier alpha value is -0.450. The van der Waals surface area contributed by atoms with Crippen LogP contribution < -0.4 is 5.32 Å². The summed E-state index contributed by atoms with van der Waals surface area (Å²) in [6.45, 7) is 6.15. The number of nitrogens with one attached hydrogen (secondary N) is 1. The number of hydrogen-bond acceptors (Lipinski definition) is 4. The van der Waals surface area contributed by atoms with E-state index in [1.165, 1.54) is 22.7 Å². The zero-order chi connectivity index (χ0) is 11.4. The van der Waals surface area contributed by atoms with Gasteiger partial charge in [-0.3, -0.25) is 0 Å². The maximum atomic E-state index is 5.63. The molecule has 0 saturated carbocycles. The molecule has 0 aromatic carbocycles. The average molecular weight is 240 g/mol. The van der Waals surface area contributed by atoms with Crippen LogP contribution >= 0.6 is 11.3 Å². The van der Waals surface area contributed by atoms with Gasteiger partial charge in [0.2, 0.25) is 0 Å². The standard InChI is InChI=1S/C12H20N2OS/c1-9(6-11-4-3-5-15-11)13-8-12-14-7-10(2)16-12/h7,9,11,13H,3-6,8H2,1-2H3. The predicted molar refractivity (Wildman–Crippen MR) is 66.7 cm³/mol. The third-order valence-electron chi connectivity index (χ3n) is 2.91. The molecule has 1 aromatic rings. The number of thiazole rings is 1. The SMILES string of the molecule is Cc1cnc(CNC(C)CC2CCCO2)s1. The van der Waals surface area contributed by atoms with Crippen molar-refractivity contribution in [1.82, 2.24) is 10.3 Å². The predicted octanol–water partition coefficient (Wildman–Crippen LogP) is 2.50. The van der Waals surface area contributed by atoms with Crippen molar-refractivity contribution in [3.8, 4) is 0 Å². The highest BCUT2D eigenvalue weighted by molar-refractivity contribution is 7.11. The molecular weight excluding hydrogens is 220 g/mol. The molecule has 1 aliphatic heterocycles. The van der Waals surface area contributed by atoms with Crippen LogP contribution in [0.1, 0.15) is 36.1 Å². The van der Waals surface area contributed by atoms with E-state index in [9.17, 15) is 0 Å². The van der Waals surface area contributed by atoms with Crippen LogP contribution in [-0.4, -0.2) is 23.7 Å². The highest BCUT2D eigenvalue weighted by atomic mass is 32.1. The molecule has 0 bridgehead atoms. The molecule has 2 unspecified atom stereocenters. The molecule has 0 aliphatic carbocycles. The minimum atomic E-state index is 0.473. The largest absolute Gasteiger partial charge is 0.378 e. The minimum absolute atomic E-state index is 0.473. The zero-order valence-electron chi connectivity index (χ0n) is 10.0. The van der Waals surface area contributed by atoms with Crippen molar-refractivity contribution in [2.75, 3.05) is 6.61 Å². The molecule has 3 nitrogen and oxygen atoms in total. The van der Waals surface area contributed by atoms with Crippen molar-refractivity contribution < 1.29 is 4.74 Å². The minimum Gasteiger partial charge on any atom is -0.378 e. The molecule has 4 heteroatoms. The molecule has 90 valence electrons. The molecule has 2 rings (SSSR count). The number of aryl methyl sites for hydroxylation is 1. The van der Waals surface area contributed by atoms with E-state index in [-0.39, 0.29) is 0 Å². The summed E-state index contributed by atoms with van der Waals surface area (Å²) in [6.07, 6.45) is 5.97. The first kappa shape index (κ1) is 12.0. The molecule has 2 heterocycles. The lowest BCUT2D eigenvalue weighted by Gasteiger charge is -2.16. The van der Waals surface area contributed by atoms with Crippen molar-refractivity contribution in [2.24, 2.45) is 0 Å². The first-order valence-corrected chi connectivity index (χ1v) is 6.82. The fourth-order valence-corrected chi connectivity index (χ4v) is 2.79. The van der Waals surface area contributed by atoms with Gasteiger partial charge in [0, 0.05) is 30.3 Å². The molecule has 1 N–H and O–H groups in total. The Morgan fingerprint density at radius 3 is 3.19 bits per heavy atom. The molecule has 1 aromatic heterocycles. The van der Waals surface area contributed by atoms with E-state index in [2.05, 4.69) is 24.1 Å². The monoisotopic (exact) mass is 240 g/mol.